The lowest BCUT2D eigenvalue weighted by Crippen LogP contribution is -2.42. The van der Waals surface area contributed by atoms with Gasteiger partial charge in [0.25, 0.3) is 0 Å². The van der Waals surface area contributed by atoms with E-state index < -0.39 is 0 Å². The van der Waals surface area contributed by atoms with Gasteiger partial charge in [-0.3, -0.25) is 5.32 Å². The van der Waals surface area contributed by atoms with Crippen molar-refractivity contribution in [2.45, 2.75) is 26.3 Å². The van der Waals surface area contributed by atoms with E-state index in [0.717, 1.165) is 17.9 Å². The molecule has 1 N–H and O–H groups in total. The lowest BCUT2D eigenvalue weighted by molar-refractivity contribution is 0.143. The zero-order valence-electron chi connectivity index (χ0n) is 10.1. The highest BCUT2D eigenvalue weighted by Crippen LogP contribution is 2.18. The normalized spacial score (nSPS) is 21.1. The highest BCUT2D eigenvalue weighted by atomic mass is 32.1. The lowest BCUT2D eigenvalue weighted by atomic mass is 10.2. The number of nitrogens with zero attached hydrogens (tertiary/aromatic N) is 2. The third-order valence-electron chi connectivity index (χ3n) is 2.78. The van der Waals surface area contributed by atoms with E-state index in [4.69, 9.17) is 4.74 Å². The van der Waals surface area contributed by atoms with Gasteiger partial charge >= 0.3 is 6.03 Å². The summed E-state index contributed by atoms with van der Waals surface area (Å²) in [5.74, 6) is 0. The molecular formula is C11H17N3O2S. The van der Waals surface area contributed by atoms with E-state index >= 15 is 0 Å². The van der Waals surface area contributed by atoms with Crippen LogP contribution in [-0.2, 0) is 4.74 Å². The first kappa shape index (κ1) is 12.3. The smallest absolute Gasteiger partial charge is 0.323 e. The molecule has 0 spiro atoms. The number of amides is 2. The summed E-state index contributed by atoms with van der Waals surface area (Å²) in [6, 6.07) is 0.121. The number of aryl methyl sites for hydroxylation is 1. The van der Waals surface area contributed by atoms with E-state index in [1.807, 2.05) is 18.7 Å². The predicted molar refractivity (Wildman–Crippen MR) is 67.5 cm³/mol. The fourth-order valence-electron chi connectivity index (χ4n) is 1.77. The minimum Gasteiger partial charge on any atom is -0.380 e. The first-order chi connectivity index (χ1) is 8.16. The van der Waals surface area contributed by atoms with Crippen LogP contribution in [0.15, 0.2) is 6.20 Å². The van der Waals surface area contributed by atoms with Gasteiger partial charge in [0.2, 0.25) is 0 Å². The third-order valence-corrected chi connectivity index (χ3v) is 3.61. The minimum atomic E-state index is -0.0858. The van der Waals surface area contributed by atoms with Gasteiger partial charge in [-0.1, -0.05) is 0 Å². The number of anilines is 1. The molecule has 2 rings (SSSR count). The van der Waals surface area contributed by atoms with Gasteiger partial charge < -0.3 is 9.64 Å². The molecule has 17 heavy (non-hydrogen) atoms. The summed E-state index contributed by atoms with van der Waals surface area (Å²) in [5.41, 5.74) is 0. The Kier molecular flexibility index (Phi) is 3.96. The Bertz CT molecular complexity index is 394. The second-order valence-corrected chi connectivity index (χ2v) is 5.38. The maximum atomic E-state index is 12.1. The molecule has 6 heteroatoms. The average molecular weight is 255 g/mol. The van der Waals surface area contributed by atoms with Gasteiger partial charge in [-0.2, -0.15) is 0 Å². The van der Waals surface area contributed by atoms with Crippen molar-refractivity contribution in [2.24, 2.45) is 0 Å². The Morgan fingerprint density at radius 2 is 2.47 bits per heavy atom. The maximum absolute atomic E-state index is 12.1. The zero-order chi connectivity index (χ0) is 12.3. The van der Waals surface area contributed by atoms with Gasteiger partial charge in [0.15, 0.2) is 5.13 Å². The second kappa shape index (κ2) is 5.46. The number of urea groups is 1. The molecule has 1 saturated heterocycles. The van der Waals surface area contributed by atoms with Gasteiger partial charge in [-0.05, 0) is 20.3 Å². The van der Waals surface area contributed by atoms with Crippen LogP contribution in [-0.4, -0.2) is 41.7 Å². The molecule has 1 aromatic rings. The Labute approximate surface area is 105 Å². The Morgan fingerprint density at radius 3 is 3.18 bits per heavy atom. The SMILES string of the molecule is Cc1cnc(NC(=O)N2CCOCCC2C)s1. The number of carbonyl (C=O) groups excluding carboxylic acids is 1. The number of ether oxygens (including phenoxy) is 1. The number of rotatable bonds is 1. The van der Waals surface area contributed by atoms with Crippen molar-refractivity contribution in [3.05, 3.63) is 11.1 Å². The number of carbonyl (C=O) groups is 1. The molecule has 94 valence electrons. The molecule has 1 unspecified atom stereocenters. The van der Waals surface area contributed by atoms with Crippen LogP contribution >= 0.6 is 11.3 Å². The topological polar surface area (TPSA) is 54.5 Å². The number of hydrogen-bond acceptors (Lipinski definition) is 4. The molecule has 1 fully saturated rings. The van der Waals surface area contributed by atoms with E-state index in [2.05, 4.69) is 10.3 Å². The van der Waals surface area contributed by atoms with E-state index in [9.17, 15) is 4.79 Å². The third kappa shape index (κ3) is 3.17. The van der Waals surface area contributed by atoms with E-state index in [1.54, 1.807) is 6.20 Å². The lowest BCUT2D eigenvalue weighted by Gasteiger charge is -2.25. The van der Waals surface area contributed by atoms with Crippen LogP contribution in [0.4, 0.5) is 9.93 Å². The van der Waals surface area contributed by atoms with Crippen molar-refractivity contribution in [1.82, 2.24) is 9.88 Å². The first-order valence-electron chi connectivity index (χ1n) is 5.74. The fraction of sp³-hybridized carbons (Fsp3) is 0.636. The highest BCUT2D eigenvalue weighted by Gasteiger charge is 2.22. The molecule has 0 saturated carbocycles. The van der Waals surface area contributed by atoms with E-state index in [1.165, 1.54) is 11.3 Å². The van der Waals surface area contributed by atoms with E-state index in [0.29, 0.717) is 18.3 Å². The summed E-state index contributed by atoms with van der Waals surface area (Å²) in [7, 11) is 0. The van der Waals surface area contributed by atoms with Crippen LogP contribution in [0.2, 0.25) is 0 Å². The molecule has 1 aromatic heterocycles. The number of hydrogen-bond donors (Lipinski definition) is 1. The molecule has 0 bridgehead atoms. The molecule has 1 aliphatic heterocycles. The van der Waals surface area contributed by atoms with Crippen molar-refractivity contribution < 1.29 is 9.53 Å². The quantitative estimate of drug-likeness (QED) is 0.836. The van der Waals surface area contributed by atoms with Crippen molar-refractivity contribution in [3.8, 4) is 0 Å². The van der Waals surface area contributed by atoms with Crippen LogP contribution < -0.4 is 5.32 Å². The van der Waals surface area contributed by atoms with Crippen LogP contribution in [0.3, 0.4) is 0 Å². The first-order valence-corrected chi connectivity index (χ1v) is 6.56. The van der Waals surface area contributed by atoms with Gasteiger partial charge in [0.05, 0.1) is 6.61 Å². The van der Waals surface area contributed by atoms with Crippen LogP contribution in [0.5, 0.6) is 0 Å². The van der Waals surface area contributed by atoms with Crippen LogP contribution in [0.25, 0.3) is 0 Å². The second-order valence-electron chi connectivity index (χ2n) is 4.15. The molecule has 0 aromatic carbocycles. The number of thiazole rings is 1. The van der Waals surface area contributed by atoms with Gasteiger partial charge in [0, 0.05) is 30.3 Å². The van der Waals surface area contributed by atoms with Gasteiger partial charge in [-0.15, -0.1) is 11.3 Å². The van der Waals surface area contributed by atoms with Gasteiger partial charge in [-0.25, -0.2) is 9.78 Å². The van der Waals surface area contributed by atoms with Crippen molar-refractivity contribution in [1.29, 1.82) is 0 Å². The monoisotopic (exact) mass is 255 g/mol. The van der Waals surface area contributed by atoms with Crippen molar-refractivity contribution in [2.75, 3.05) is 25.1 Å². The Morgan fingerprint density at radius 1 is 1.65 bits per heavy atom. The highest BCUT2D eigenvalue weighted by molar-refractivity contribution is 7.15. The Hall–Kier alpha value is -1.14. The molecule has 2 heterocycles. The summed E-state index contributed by atoms with van der Waals surface area (Å²) in [6.45, 7) is 5.98. The minimum absolute atomic E-state index is 0.0858. The summed E-state index contributed by atoms with van der Waals surface area (Å²) >= 11 is 1.49. The molecular weight excluding hydrogens is 238 g/mol. The number of aromatic nitrogens is 1. The van der Waals surface area contributed by atoms with Crippen LogP contribution in [0.1, 0.15) is 18.2 Å². The zero-order valence-corrected chi connectivity index (χ0v) is 10.9. The average Bonchev–Trinajstić information content (AvgIpc) is 2.57. The molecule has 0 aliphatic carbocycles. The summed E-state index contributed by atoms with van der Waals surface area (Å²) in [4.78, 5) is 19.1. The standard InChI is InChI=1S/C11H17N3O2S/c1-8-3-5-16-6-4-14(8)11(15)13-10-12-7-9(2)17-10/h7-8H,3-6H2,1-2H3,(H,12,13,15). The molecule has 1 aliphatic rings. The number of nitrogens with one attached hydrogen (secondary N) is 1. The van der Waals surface area contributed by atoms with E-state index in [-0.39, 0.29) is 12.1 Å². The molecule has 1 atom stereocenters. The summed E-state index contributed by atoms with van der Waals surface area (Å²) < 4.78 is 5.36. The largest absolute Gasteiger partial charge is 0.380 e. The van der Waals surface area contributed by atoms with Gasteiger partial charge in [0.1, 0.15) is 0 Å². The van der Waals surface area contributed by atoms with Crippen LogP contribution in [0, 0.1) is 6.92 Å². The maximum Gasteiger partial charge on any atom is 0.323 e. The molecule has 2 amide bonds. The molecule has 5 nitrogen and oxygen atoms in total. The summed E-state index contributed by atoms with van der Waals surface area (Å²) in [5, 5.41) is 3.49. The van der Waals surface area contributed by atoms with Crippen molar-refractivity contribution in [3.63, 3.8) is 0 Å². The summed E-state index contributed by atoms with van der Waals surface area (Å²) in [6.07, 6.45) is 2.64. The Balaban J connectivity index is 1.98. The predicted octanol–water partition coefficient (Wildman–Crippen LogP) is 2.09. The fourth-order valence-corrected chi connectivity index (χ4v) is 2.43. The molecule has 0 radical (unpaired) electrons. The van der Waals surface area contributed by atoms with Crippen molar-refractivity contribution >= 4 is 22.5 Å².